The molecule has 0 aliphatic rings. The Hall–Kier alpha value is -1.06. The second kappa shape index (κ2) is 14.0. The van der Waals surface area contributed by atoms with E-state index in [1.807, 2.05) is 23.5 Å². The molecular weight excluding hydrogens is 378 g/mol. The molecule has 0 spiro atoms. The number of benzene rings is 2. The third kappa shape index (κ3) is 8.53. The molecule has 0 atom stereocenters. The highest BCUT2D eigenvalue weighted by molar-refractivity contribution is 7.99. The number of rotatable bonds is 14. The molecule has 0 aliphatic carbocycles. The molecule has 0 N–H and O–H groups in total. The summed E-state index contributed by atoms with van der Waals surface area (Å²) in [6.45, 7) is 4.53. The average molecular weight is 416 g/mol. The molecule has 0 aromatic heterocycles. The average Bonchev–Trinajstić information content (AvgIpc) is 2.74. The maximum atomic E-state index is 2.27. The van der Waals surface area contributed by atoms with Crippen molar-refractivity contribution in [3.63, 3.8) is 0 Å². The Morgan fingerprint density at radius 2 is 0.964 bits per heavy atom. The van der Waals surface area contributed by atoms with Gasteiger partial charge in [0.05, 0.1) is 0 Å². The summed E-state index contributed by atoms with van der Waals surface area (Å²) in [6, 6.07) is 18.0. The van der Waals surface area contributed by atoms with Gasteiger partial charge in [-0.05, 0) is 72.9 Å². The van der Waals surface area contributed by atoms with Crippen molar-refractivity contribution < 1.29 is 0 Å². The molecule has 0 amide bonds. The van der Waals surface area contributed by atoms with Crippen LogP contribution in [-0.2, 0) is 0 Å². The van der Waals surface area contributed by atoms with Gasteiger partial charge in [-0.25, -0.2) is 0 Å². The van der Waals surface area contributed by atoms with Gasteiger partial charge in [0.15, 0.2) is 0 Å². The first kappa shape index (κ1) is 23.2. The monoisotopic (exact) mass is 415 g/mol. The lowest BCUT2D eigenvalue weighted by atomic mass is 10.2. The van der Waals surface area contributed by atoms with Crippen LogP contribution in [0.2, 0.25) is 0 Å². The van der Waals surface area contributed by atoms with Crippen LogP contribution in [0, 0.1) is 0 Å². The number of thioether (sulfide) groups is 2. The molecule has 2 rings (SSSR count). The Morgan fingerprint density at radius 1 is 0.571 bits per heavy atom. The Kier molecular flexibility index (Phi) is 11.6. The van der Waals surface area contributed by atoms with E-state index in [-0.39, 0.29) is 0 Å². The van der Waals surface area contributed by atoms with Crippen LogP contribution in [0.5, 0.6) is 0 Å². The largest absolute Gasteiger partial charge is 0.345 e. The van der Waals surface area contributed by atoms with Crippen molar-refractivity contribution in [2.45, 2.75) is 75.0 Å². The standard InChI is InChI=1S/C25H37NS2/c1-4-6-8-10-20-27-24-16-12-22(13-17-24)26(3)23-14-18-25(19-15-23)28-21-11-9-7-5-2/h12-19H,4-11,20-21H2,1-3H3. The maximum absolute atomic E-state index is 2.27. The Bertz CT molecular complexity index is 579. The third-order valence-electron chi connectivity index (χ3n) is 4.98. The fraction of sp³-hybridized carbons (Fsp3) is 0.520. The lowest BCUT2D eigenvalue weighted by Crippen LogP contribution is -2.08. The molecular formula is C25H37NS2. The number of nitrogens with zero attached hydrogens (tertiary/aromatic N) is 1. The number of anilines is 2. The SMILES string of the molecule is CCCCCCSc1ccc(N(C)c2ccc(SCCCCCC)cc2)cc1. The molecule has 0 unspecified atom stereocenters. The summed E-state index contributed by atoms with van der Waals surface area (Å²) in [6.07, 6.45) is 10.7. The van der Waals surface area contributed by atoms with Gasteiger partial charge in [0.2, 0.25) is 0 Å². The molecule has 2 aromatic rings. The molecule has 0 saturated carbocycles. The predicted molar refractivity (Wildman–Crippen MR) is 131 cm³/mol. The normalized spacial score (nSPS) is 11.0. The van der Waals surface area contributed by atoms with Gasteiger partial charge in [-0.15, -0.1) is 23.5 Å². The van der Waals surface area contributed by atoms with Crippen molar-refractivity contribution in [2.75, 3.05) is 23.5 Å². The fourth-order valence-corrected chi connectivity index (χ4v) is 4.94. The van der Waals surface area contributed by atoms with Crippen molar-refractivity contribution in [1.29, 1.82) is 0 Å². The van der Waals surface area contributed by atoms with Crippen LogP contribution < -0.4 is 4.90 Å². The van der Waals surface area contributed by atoms with Crippen LogP contribution >= 0.6 is 23.5 Å². The highest BCUT2D eigenvalue weighted by Gasteiger charge is 2.05. The molecule has 0 heterocycles. The molecule has 3 heteroatoms. The van der Waals surface area contributed by atoms with Crippen molar-refractivity contribution >= 4 is 34.9 Å². The van der Waals surface area contributed by atoms with Crippen LogP contribution in [0.25, 0.3) is 0 Å². The van der Waals surface area contributed by atoms with E-state index in [2.05, 4.69) is 74.3 Å². The van der Waals surface area contributed by atoms with Crippen molar-refractivity contribution in [3.8, 4) is 0 Å². The number of hydrogen-bond acceptors (Lipinski definition) is 3. The molecule has 0 fully saturated rings. The minimum atomic E-state index is 1.23. The van der Waals surface area contributed by atoms with Crippen molar-refractivity contribution in [1.82, 2.24) is 0 Å². The first-order valence-corrected chi connectivity index (χ1v) is 12.9. The van der Waals surface area contributed by atoms with Crippen LogP contribution in [0.4, 0.5) is 11.4 Å². The van der Waals surface area contributed by atoms with Crippen molar-refractivity contribution in [2.24, 2.45) is 0 Å². The summed E-state index contributed by atoms with van der Waals surface area (Å²) in [7, 11) is 2.15. The first-order valence-electron chi connectivity index (χ1n) is 10.9. The zero-order chi connectivity index (χ0) is 20.0. The molecule has 28 heavy (non-hydrogen) atoms. The van der Waals surface area contributed by atoms with Crippen molar-refractivity contribution in [3.05, 3.63) is 48.5 Å². The van der Waals surface area contributed by atoms with E-state index in [1.165, 1.54) is 84.0 Å². The third-order valence-corrected chi connectivity index (χ3v) is 7.18. The highest BCUT2D eigenvalue weighted by atomic mass is 32.2. The molecule has 0 aliphatic heterocycles. The molecule has 0 bridgehead atoms. The summed E-state index contributed by atoms with van der Waals surface area (Å²) >= 11 is 3.96. The van der Waals surface area contributed by atoms with E-state index in [1.54, 1.807) is 0 Å². The topological polar surface area (TPSA) is 3.24 Å². The number of unbranched alkanes of at least 4 members (excludes halogenated alkanes) is 6. The van der Waals surface area contributed by atoms with E-state index in [0.29, 0.717) is 0 Å². The van der Waals surface area contributed by atoms with Gasteiger partial charge in [-0.2, -0.15) is 0 Å². The van der Waals surface area contributed by atoms with Gasteiger partial charge in [0.1, 0.15) is 0 Å². The van der Waals surface area contributed by atoms with Gasteiger partial charge >= 0.3 is 0 Å². The zero-order valence-electron chi connectivity index (χ0n) is 18.0. The van der Waals surface area contributed by atoms with E-state index < -0.39 is 0 Å². The molecule has 1 nitrogen and oxygen atoms in total. The maximum Gasteiger partial charge on any atom is 0.0408 e. The minimum absolute atomic E-state index is 1.23. The van der Waals surface area contributed by atoms with E-state index in [9.17, 15) is 0 Å². The first-order chi connectivity index (χ1) is 13.7. The molecule has 0 saturated heterocycles. The van der Waals surface area contributed by atoms with E-state index in [4.69, 9.17) is 0 Å². The van der Waals surface area contributed by atoms with Gasteiger partial charge in [0, 0.05) is 28.2 Å². The quantitative estimate of drug-likeness (QED) is 0.224. The Labute approximate surface area is 181 Å². The highest BCUT2D eigenvalue weighted by Crippen LogP contribution is 2.29. The summed E-state index contributed by atoms with van der Waals surface area (Å²) in [5.41, 5.74) is 2.49. The molecule has 2 aromatic carbocycles. The number of hydrogen-bond donors (Lipinski definition) is 0. The van der Waals surface area contributed by atoms with Gasteiger partial charge in [-0.1, -0.05) is 52.4 Å². The summed E-state index contributed by atoms with van der Waals surface area (Å²) in [5.74, 6) is 2.46. The zero-order valence-corrected chi connectivity index (χ0v) is 19.6. The lowest BCUT2D eigenvalue weighted by Gasteiger charge is -2.20. The second-order valence-corrected chi connectivity index (χ2v) is 9.70. The minimum Gasteiger partial charge on any atom is -0.345 e. The smallest absolute Gasteiger partial charge is 0.0408 e. The fourth-order valence-electron chi connectivity index (χ4n) is 3.12. The Balaban J connectivity index is 1.79. The van der Waals surface area contributed by atoms with Crippen LogP contribution in [-0.4, -0.2) is 18.6 Å². The Morgan fingerprint density at radius 3 is 1.32 bits per heavy atom. The predicted octanol–water partition coefficient (Wildman–Crippen LogP) is 8.80. The summed E-state index contributed by atoms with van der Waals surface area (Å²) < 4.78 is 0. The lowest BCUT2D eigenvalue weighted by molar-refractivity contribution is 0.706. The van der Waals surface area contributed by atoms with Crippen LogP contribution in [0.3, 0.4) is 0 Å². The van der Waals surface area contributed by atoms with Gasteiger partial charge in [0.25, 0.3) is 0 Å². The van der Waals surface area contributed by atoms with E-state index >= 15 is 0 Å². The van der Waals surface area contributed by atoms with E-state index in [0.717, 1.165) is 0 Å². The van der Waals surface area contributed by atoms with Crippen LogP contribution in [0.15, 0.2) is 58.3 Å². The second-order valence-electron chi connectivity index (χ2n) is 7.37. The van der Waals surface area contributed by atoms with Gasteiger partial charge < -0.3 is 4.90 Å². The molecule has 0 radical (unpaired) electrons. The summed E-state index contributed by atoms with van der Waals surface area (Å²) in [4.78, 5) is 5.03. The van der Waals surface area contributed by atoms with Gasteiger partial charge in [-0.3, -0.25) is 0 Å². The summed E-state index contributed by atoms with van der Waals surface area (Å²) in [5, 5.41) is 0. The molecule has 154 valence electrons. The van der Waals surface area contributed by atoms with Crippen LogP contribution in [0.1, 0.15) is 65.2 Å².